The molecule has 1 saturated heterocycles. The van der Waals surface area contributed by atoms with Crippen LogP contribution in [0.5, 0.6) is 0 Å². The summed E-state index contributed by atoms with van der Waals surface area (Å²) in [6.45, 7) is 91.3. The maximum atomic E-state index is 3.39. The molecule has 0 aliphatic carbocycles. The quantitative estimate of drug-likeness (QED) is 0.203. The van der Waals surface area contributed by atoms with Gasteiger partial charge in [-0.05, 0) is 0 Å². The molecule has 1 aliphatic heterocycles. The van der Waals surface area contributed by atoms with Gasteiger partial charge in [-0.2, -0.15) is 0 Å². The summed E-state index contributed by atoms with van der Waals surface area (Å²) >= 11 is 0. The molecule has 1 rings (SSSR count). The van der Waals surface area contributed by atoms with Crippen molar-refractivity contribution >= 4 is 107 Å². The molecule has 0 spiro atoms. The van der Waals surface area contributed by atoms with Crippen molar-refractivity contribution in [3.05, 3.63) is 0 Å². The fourth-order valence-corrected chi connectivity index (χ4v) is 899. The molecule has 1 aliphatic rings. The maximum Gasteiger partial charge on any atom is 0.0315 e. The Labute approximate surface area is 300 Å². The van der Waals surface area contributed by atoms with E-state index in [9.17, 15) is 0 Å². The average molecular weight is 872 g/mol. The van der Waals surface area contributed by atoms with Gasteiger partial charge in [0, 0.05) is 107 Å². The third-order valence-corrected chi connectivity index (χ3v) is 464. The molecule has 0 radical (unpaired) electrons. The Kier molecular flexibility index (Phi) is 12.0. The minimum Gasteiger partial charge on any atom is -0.0756 e. The van der Waals surface area contributed by atoms with Crippen molar-refractivity contribution in [1.29, 1.82) is 0 Å². The van der Waals surface area contributed by atoms with Gasteiger partial charge in [-0.25, -0.2) is 0 Å². The molecule has 0 aromatic carbocycles. The standard InChI is InChI=1S/C30H90Si15/c1-31(2,3)44(32(4,5)6,33(7,8)9)41(26,27)42(28,29)45(34(10,11)12,35(13,14)15)43(30)39(22,23)37(18,19)36(16,17)38(20,21)40(43,24)25/h1-30H3. The van der Waals surface area contributed by atoms with Crippen LogP contribution in [0.3, 0.4) is 0 Å². The smallest absolute Gasteiger partial charge is 0.0315 e. The van der Waals surface area contributed by atoms with E-state index < -0.39 is 107 Å². The molecule has 1 fully saturated rings. The van der Waals surface area contributed by atoms with Crippen LogP contribution >= 0.6 is 0 Å². The van der Waals surface area contributed by atoms with Crippen LogP contribution in [0.15, 0.2) is 0 Å². The summed E-state index contributed by atoms with van der Waals surface area (Å²) in [4.78, 5) is 0. The summed E-state index contributed by atoms with van der Waals surface area (Å²) in [6, 6.07) is 0. The van der Waals surface area contributed by atoms with Gasteiger partial charge in [0.15, 0.2) is 0 Å². The van der Waals surface area contributed by atoms with Crippen LogP contribution in [0.4, 0.5) is 0 Å². The van der Waals surface area contributed by atoms with Gasteiger partial charge in [-0.15, -0.1) is 0 Å². The summed E-state index contributed by atoms with van der Waals surface area (Å²) in [7, 11) is -17.6. The highest BCUT2D eigenvalue weighted by atomic mass is 30.5. The van der Waals surface area contributed by atoms with E-state index >= 15 is 0 Å². The summed E-state index contributed by atoms with van der Waals surface area (Å²) in [5, 5.41) is 0. The zero-order chi connectivity index (χ0) is 37.5. The second kappa shape index (κ2) is 11.6. The SMILES string of the molecule is C[Si](C)(C)[Si]([Si](C)(C)C)([Si](C)(C)C)[Si](C)(C)[Si](C)(C)[Si]([Si](C)(C)C)([Si](C)(C)C)[Si]1(C)[Si](C)(C)[Si](C)(C)[Si](C)(C)[Si](C)(C)[Si]1(C)C. The van der Waals surface area contributed by atoms with Crippen molar-refractivity contribution < 1.29 is 0 Å². The predicted octanol–water partition coefficient (Wildman–Crippen LogP) is 11.8. The third-order valence-electron chi connectivity index (χ3n) is 18.6. The van der Waals surface area contributed by atoms with Gasteiger partial charge in [0.1, 0.15) is 0 Å². The molecule has 45 heavy (non-hydrogen) atoms. The van der Waals surface area contributed by atoms with Gasteiger partial charge in [0.2, 0.25) is 0 Å². The molecule has 1 heterocycles. The van der Waals surface area contributed by atoms with E-state index in [1.54, 1.807) is 0 Å². The third kappa shape index (κ3) is 5.06. The molecule has 0 bridgehead atoms. The van der Waals surface area contributed by atoms with Crippen molar-refractivity contribution in [2.45, 2.75) is 196 Å². The molecule has 15 heteroatoms. The molecule has 0 nitrogen and oxygen atoms in total. The van der Waals surface area contributed by atoms with Crippen LogP contribution in [0, 0.1) is 0 Å². The fraction of sp³-hybridized carbons (Fsp3) is 1.00. The van der Waals surface area contributed by atoms with Crippen molar-refractivity contribution in [1.82, 2.24) is 0 Å². The zero-order valence-electron chi connectivity index (χ0n) is 37.5. The highest BCUT2D eigenvalue weighted by Crippen LogP contribution is 2.61. The highest BCUT2D eigenvalue weighted by Gasteiger charge is 2.89. The summed E-state index contributed by atoms with van der Waals surface area (Å²) in [5.74, 6) is 0. The van der Waals surface area contributed by atoms with E-state index in [1.807, 2.05) is 0 Å². The van der Waals surface area contributed by atoms with E-state index in [-0.39, 0.29) is 0 Å². The van der Waals surface area contributed by atoms with Gasteiger partial charge >= 0.3 is 0 Å². The molecule has 270 valence electrons. The minimum absolute atomic E-state index is 1.29. The van der Waals surface area contributed by atoms with Gasteiger partial charge in [-0.3, -0.25) is 0 Å². The lowest BCUT2D eigenvalue weighted by molar-refractivity contribution is 1.71. The molecule has 0 aromatic heterocycles. The van der Waals surface area contributed by atoms with Crippen molar-refractivity contribution in [3.63, 3.8) is 0 Å². The van der Waals surface area contributed by atoms with Gasteiger partial charge in [-0.1, -0.05) is 196 Å². The van der Waals surface area contributed by atoms with E-state index in [4.69, 9.17) is 0 Å². The number of hydrogen-bond donors (Lipinski definition) is 0. The molecular formula is C30H90Si15. The lowest BCUT2D eigenvalue weighted by Gasteiger charge is -2.84. The van der Waals surface area contributed by atoms with Crippen molar-refractivity contribution in [2.24, 2.45) is 0 Å². The Bertz CT molecular complexity index is 1050. The molecule has 0 atom stereocenters. The Hall–Kier alpha value is 3.25. The first kappa shape index (κ1) is 46.3. The predicted molar refractivity (Wildman–Crippen MR) is 262 cm³/mol. The van der Waals surface area contributed by atoms with E-state index in [0.29, 0.717) is 0 Å². The molecule has 0 aromatic rings. The Morgan fingerprint density at radius 1 is 0.244 bits per heavy atom. The Morgan fingerprint density at radius 3 is 0.622 bits per heavy atom. The highest BCUT2D eigenvalue weighted by molar-refractivity contribution is 8.36. The Balaban J connectivity index is 5.11. The maximum absolute atomic E-state index is 3.39. The fourth-order valence-electron chi connectivity index (χ4n) is 17.6. The normalized spacial score (nSPS) is 24.4. The lowest BCUT2D eigenvalue weighted by atomic mass is 11.8. The Morgan fingerprint density at radius 2 is 0.444 bits per heavy atom. The molecular weight excluding hydrogens is 782 g/mol. The van der Waals surface area contributed by atoms with Crippen LogP contribution < -0.4 is 0 Å². The van der Waals surface area contributed by atoms with E-state index in [0.717, 1.165) is 0 Å². The topological polar surface area (TPSA) is 0 Å². The first-order chi connectivity index (χ1) is 18.8. The molecule has 0 amide bonds. The first-order valence-electron chi connectivity index (χ1n) is 18.8. The largest absolute Gasteiger partial charge is 0.0756 e. The number of hydrogen-bond acceptors (Lipinski definition) is 0. The van der Waals surface area contributed by atoms with Crippen LogP contribution in [0.2, 0.25) is 196 Å². The van der Waals surface area contributed by atoms with Gasteiger partial charge in [0.05, 0.1) is 0 Å². The van der Waals surface area contributed by atoms with Crippen molar-refractivity contribution in [3.8, 4) is 0 Å². The van der Waals surface area contributed by atoms with Crippen LogP contribution in [0.1, 0.15) is 0 Å². The zero-order valence-corrected chi connectivity index (χ0v) is 52.5. The van der Waals surface area contributed by atoms with Crippen LogP contribution in [-0.2, 0) is 0 Å². The minimum atomic E-state index is -1.71. The number of rotatable bonds is 9. The summed E-state index contributed by atoms with van der Waals surface area (Å²) in [6.07, 6.45) is -3.25. The first-order valence-corrected chi connectivity index (χ1v) is 78.8. The van der Waals surface area contributed by atoms with Crippen LogP contribution in [-0.4, -0.2) is 107 Å². The monoisotopic (exact) mass is 870 g/mol. The van der Waals surface area contributed by atoms with Gasteiger partial charge in [0.25, 0.3) is 0 Å². The second-order valence-corrected chi connectivity index (χ2v) is 211. The molecule has 0 unspecified atom stereocenters. The van der Waals surface area contributed by atoms with Gasteiger partial charge < -0.3 is 0 Å². The molecule has 0 saturated carbocycles. The molecule has 0 N–H and O–H groups in total. The summed E-state index contributed by atoms with van der Waals surface area (Å²) < 4.78 is 0. The van der Waals surface area contributed by atoms with E-state index in [1.165, 1.54) is 0 Å². The van der Waals surface area contributed by atoms with Crippen LogP contribution in [0.25, 0.3) is 0 Å². The summed E-state index contributed by atoms with van der Waals surface area (Å²) in [5.41, 5.74) is 0. The van der Waals surface area contributed by atoms with Crippen molar-refractivity contribution in [2.75, 3.05) is 0 Å². The average Bonchev–Trinajstić information content (AvgIpc) is 2.66. The second-order valence-electron chi connectivity index (χ2n) is 25.2. The van der Waals surface area contributed by atoms with E-state index in [2.05, 4.69) is 196 Å². The lowest BCUT2D eigenvalue weighted by Crippen LogP contribution is -3.15.